The van der Waals surface area contributed by atoms with Crippen LogP contribution in [0.15, 0.2) is 78.9 Å². The summed E-state index contributed by atoms with van der Waals surface area (Å²) >= 11 is 0. The topological polar surface area (TPSA) is 58.2 Å². The van der Waals surface area contributed by atoms with Gasteiger partial charge in [0.05, 0.1) is 17.7 Å². The number of benzene rings is 3. The quantitative estimate of drug-likeness (QED) is 0.605. The van der Waals surface area contributed by atoms with Gasteiger partial charge in [0.1, 0.15) is 0 Å². The van der Waals surface area contributed by atoms with Gasteiger partial charge in [0.15, 0.2) is 0 Å². The molecule has 0 bridgehead atoms. The SMILES string of the molecule is CC(C)CNC(=O)c1ccccc1NC(=O)Cc1ccc(-c2ccccc2)cc1. The first kappa shape index (κ1) is 20.3. The van der Waals surface area contributed by atoms with Crippen LogP contribution in [-0.4, -0.2) is 18.4 Å². The molecule has 4 nitrogen and oxygen atoms in total. The Kier molecular flexibility index (Phi) is 6.80. The van der Waals surface area contributed by atoms with E-state index in [2.05, 4.69) is 22.8 Å². The van der Waals surface area contributed by atoms with Crippen molar-refractivity contribution >= 4 is 17.5 Å². The summed E-state index contributed by atoms with van der Waals surface area (Å²) in [5, 5.41) is 5.77. The van der Waals surface area contributed by atoms with Gasteiger partial charge in [0.25, 0.3) is 5.91 Å². The Morgan fingerprint density at radius 3 is 2.10 bits per heavy atom. The van der Waals surface area contributed by atoms with Gasteiger partial charge in [-0.15, -0.1) is 0 Å². The first-order chi connectivity index (χ1) is 14.0. The average molecular weight is 386 g/mol. The number of hydrogen-bond acceptors (Lipinski definition) is 2. The average Bonchev–Trinajstić information content (AvgIpc) is 2.73. The zero-order chi connectivity index (χ0) is 20.6. The summed E-state index contributed by atoms with van der Waals surface area (Å²) in [7, 11) is 0. The third-order valence-corrected chi connectivity index (χ3v) is 4.54. The first-order valence-electron chi connectivity index (χ1n) is 9.84. The van der Waals surface area contributed by atoms with Gasteiger partial charge in [0, 0.05) is 6.54 Å². The molecule has 0 unspecified atom stereocenters. The lowest BCUT2D eigenvalue weighted by molar-refractivity contribution is -0.115. The Hall–Kier alpha value is -3.40. The summed E-state index contributed by atoms with van der Waals surface area (Å²) in [5.41, 5.74) is 4.18. The predicted octanol–water partition coefficient (Wildman–Crippen LogP) is 4.92. The molecule has 0 aliphatic heterocycles. The molecule has 0 spiro atoms. The van der Waals surface area contributed by atoms with Crippen molar-refractivity contribution in [2.24, 2.45) is 5.92 Å². The summed E-state index contributed by atoms with van der Waals surface area (Å²) in [5.74, 6) is 0.0305. The van der Waals surface area contributed by atoms with Gasteiger partial charge in [-0.2, -0.15) is 0 Å². The molecular weight excluding hydrogens is 360 g/mol. The van der Waals surface area contributed by atoms with Crippen LogP contribution in [0.1, 0.15) is 29.8 Å². The highest BCUT2D eigenvalue weighted by molar-refractivity contribution is 6.04. The van der Waals surface area contributed by atoms with E-state index >= 15 is 0 Å². The molecule has 0 fully saturated rings. The smallest absolute Gasteiger partial charge is 0.253 e. The molecule has 0 heterocycles. The molecule has 0 atom stereocenters. The van der Waals surface area contributed by atoms with E-state index in [1.807, 2.05) is 62.4 Å². The van der Waals surface area contributed by atoms with Crippen molar-refractivity contribution in [1.82, 2.24) is 5.32 Å². The van der Waals surface area contributed by atoms with Crippen molar-refractivity contribution in [3.63, 3.8) is 0 Å². The minimum Gasteiger partial charge on any atom is -0.352 e. The minimum atomic E-state index is -0.179. The van der Waals surface area contributed by atoms with E-state index in [0.29, 0.717) is 23.7 Å². The molecule has 4 heteroatoms. The van der Waals surface area contributed by atoms with Gasteiger partial charge < -0.3 is 10.6 Å². The molecule has 29 heavy (non-hydrogen) atoms. The number of para-hydroxylation sites is 1. The number of amides is 2. The molecule has 2 N–H and O–H groups in total. The highest BCUT2D eigenvalue weighted by atomic mass is 16.2. The van der Waals surface area contributed by atoms with Gasteiger partial charge >= 0.3 is 0 Å². The molecular formula is C25H26N2O2. The molecule has 0 radical (unpaired) electrons. The van der Waals surface area contributed by atoms with Crippen LogP contribution in [0.4, 0.5) is 5.69 Å². The highest BCUT2D eigenvalue weighted by Gasteiger charge is 2.13. The zero-order valence-electron chi connectivity index (χ0n) is 16.8. The first-order valence-corrected chi connectivity index (χ1v) is 9.84. The molecule has 3 aromatic carbocycles. The van der Waals surface area contributed by atoms with Crippen LogP contribution in [0.5, 0.6) is 0 Å². The number of rotatable bonds is 7. The van der Waals surface area contributed by atoms with Crippen LogP contribution in [0.3, 0.4) is 0 Å². The maximum absolute atomic E-state index is 12.5. The second-order valence-electron chi connectivity index (χ2n) is 7.44. The van der Waals surface area contributed by atoms with Crippen molar-refractivity contribution < 1.29 is 9.59 Å². The van der Waals surface area contributed by atoms with Crippen LogP contribution in [0.25, 0.3) is 11.1 Å². The second kappa shape index (κ2) is 9.69. The van der Waals surface area contributed by atoms with E-state index in [1.54, 1.807) is 18.2 Å². The molecule has 0 aliphatic carbocycles. The largest absolute Gasteiger partial charge is 0.352 e. The highest BCUT2D eigenvalue weighted by Crippen LogP contribution is 2.20. The van der Waals surface area contributed by atoms with E-state index in [9.17, 15) is 9.59 Å². The van der Waals surface area contributed by atoms with Crippen LogP contribution < -0.4 is 10.6 Å². The fourth-order valence-corrected chi connectivity index (χ4v) is 3.01. The maximum Gasteiger partial charge on any atom is 0.253 e. The van der Waals surface area contributed by atoms with Crippen molar-refractivity contribution in [3.05, 3.63) is 90.0 Å². The van der Waals surface area contributed by atoms with Crippen LogP contribution >= 0.6 is 0 Å². The predicted molar refractivity (Wildman–Crippen MR) is 118 cm³/mol. The summed E-state index contributed by atoms with van der Waals surface area (Å²) in [4.78, 5) is 25.0. The van der Waals surface area contributed by atoms with Crippen LogP contribution in [0.2, 0.25) is 0 Å². The fourth-order valence-electron chi connectivity index (χ4n) is 3.01. The van der Waals surface area contributed by atoms with Crippen LogP contribution in [0, 0.1) is 5.92 Å². The lowest BCUT2D eigenvalue weighted by atomic mass is 10.0. The van der Waals surface area contributed by atoms with E-state index in [0.717, 1.165) is 16.7 Å². The Morgan fingerprint density at radius 1 is 0.793 bits per heavy atom. The van der Waals surface area contributed by atoms with Gasteiger partial charge in [-0.25, -0.2) is 0 Å². The van der Waals surface area contributed by atoms with E-state index in [1.165, 1.54) is 0 Å². The minimum absolute atomic E-state index is 0.151. The molecule has 2 amide bonds. The molecule has 0 saturated heterocycles. The molecule has 0 aliphatic rings. The van der Waals surface area contributed by atoms with E-state index in [-0.39, 0.29) is 18.2 Å². The molecule has 3 aromatic rings. The Labute approximate surface area is 172 Å². The number of hydrogen-bond donors (Lipinski definition) is 2. The summed E-state index contributed by atoms with van der Waals surface area (Å²) in [6, 6.07) is 25.2. The zero-order valence-corrected chi connectivity index (χ0v) is 16.8. The molecule has 0 saturated carbocycles. The lowest BCUT2D eigenvalue weighted by Crippen LogP contribution is -2.28. The van der Waals surface area contributed by atoms with Crippen molar-refractivity contribution in [2.45, 2.75) is 20.3 Å². The number of anilines is 1. The maximum atomic E-state index is 12.5. The number of nitrogens with one attached hydrogen (secondary N) is 2. The second-order valence-corrected chi connectivity index (χ2v) is 7.44. The Bertz CT molecular complexity index is 964. The Balaban J connectivity index is 1.65. The van der Waals surface area contributed by atoms with Gasteiger partial charge in [-0.05, 0) is 34.7 Å². The van der Waals surface area contributed by atoms with E-state index in [4.69, 9.17) is 0 Å². The van der Waals surface area contributed by atoms with Crippen molar-refractivity contribution in [3.8, 4) is 11.1 Å². The van der Waals surface area contributed by atoms with Gasteiger partial charge in [-0.1, -0.05) is 80.6 Å². The molecule has 148 valence electrons. The molecule has 0 aromatic heterocycles. The number of carbonyl (C=O) groups excluding carboxylic acids is 2. The third-order valence-electron chi connectivity index (χ3n) is 4.54. The summed E-state index contributed by atoms with van der Waals surface area (Å²) < 4.78 is 0. The Morgan fingerprint density at radius 2 is 1.41 bits per heavy atom. The van der Waals surface area contributed by atoms with Gasteiger partial charge in [-0.3, -0.25) is 9.59 Å². The molecule has 3 rings (SSSR count). The van der Waals surface area contributed by atoms with Crippen molar-refractivity contribution in [1.29, 1.82) is 0 Å². The van der Waals surface area contributed by atoms with E-state index < -0.39 is 0 Å². The summed E-state index contributed by atoms with van der Waals surface area (Å²) in [6.07, 6.45) is 0.247. The fraction of sp³-hybridized carbons (Fsp3) is 0.200. The standard InChI is InChI=1S/C25H26N2O2/c1-18(2)17-26-25(29)22-10-6-7-11-23(22)27-24(28)16-19-12-14-21(15-13-19)20-8-4-3-5-9-20/h3-15,18H,16-17H2,1-2H3,(H,26,29)(H,27,28). The summed E-state index contributed by atoms with van der Waals surface area (Å²) in [6.45, 7) is 4.67. The third kappa shape index (κ3) is 5.79. The van der Waals surface area contributed by atoms with Crippen molar-refractivity contribution in [2.75, 3.05) is 11.9 Å². The number of carbonyl (C=O) groups is 2. The lowest BCUT2D eigenvalue weighted by Gasteiger charge is -2.12. The van der Waals surface area contributed by atoms with Crippen LogP contribution in [-0.2, 0) is 11.2 Å². The monoisotopic (exact) mass is 386 g/mol. The normalized spacial score (nSPS) is 10.6. The van der Waals surface area contributed by atoms with Gasteiger partial charge in [0.2, 0.25) is 5.91 Å².